The number of likely N-dealkylation sites (tertiary alicyclic amines) is 1. The van der Waals surface area contributed by atoms with Crippen LogP contribution in [0.5, 0.6) is 0 Å². The number of anilines is 2. The highest BCUT2D eigenvalue weighted by atomic mass is 19.4. The van der Waals surface area contributed by atoms with Gasteiger partial charge in [-0.25, -0.2) is 13.6 Å². The summed E-state index contributed by atoms with van der Waals surface area (Å²) in [6, 6.07) is 19.7. The van der Waals surface area contributed by atoms with Crippen LogP contribution in [-0.2, 0) is 11.2 Å². The van der Waals surface area contributed by atoms with Gasteiger partial charge in [0.1, 0.15) is 0 Å². The van der Waals surface area contributed by atoms with Crippen molar-refractivity contribution in [2.75, 3.05) is 37.2 Å². The van der Waals surface area contributed by atoms with Crippen molar-refractivity contribution in [3.8, 4) is 0 Å². The van der Waals surface area contributed by atoms with Gasteiger partial charge in [-0.3, -0.25) is 4.79 Å². The number of para-hydroxylation sites is 2. The van der Waals surface area contributed by atoms with Crippen LogP contribution in [0.3, 0.4) is 0 Å². The Kier molecular flexibility index (Phi) is 11.5. The first kappa shape index (κ1) is 33.9. The van der Waals surface area contributed by atoms with Crippen LogP contribution in [0.15, 0.2) is 66.7 Å². The average molecular weight is 633 g/mol. The molecule has 0 bridgehead atoms. The molecule has 7 nitrogen and oxygen atoms in total. The molecule has 12 heteroatoms. The lowest BCUT2D eigenvalue weighted by molar-refractivity contribution is -0.192. The van der Waals surface area contributed by atoms with E-state index in [0.29, 0.717) is 34.8 Å². The van der Waals surface area contributed by atoms with Gasteiger partial charge < -0.3 is 26.4 Å². The molecule has 3 aromatic carbocycles. The van der Waals surface area contributed by atoms with Gasteiger partial charge >= 0.3 is 12.1 Å². The van der Waals surface area contributed by atoms with E-state index in [1.807, 2.05) is 36.4 Å². The van der Waals surface area contributed by atoms with Crippen molar-refractivity contribution >= 4 is 23.3 Å². The minimum absolute atomic E-state index is 0.159. The molecule has 1 saturated carbocycles. The molecule has 242 valence electrons. The number of halogens is 5. The van der Waals surface area contributed by atoms with Crippen molar-refractivity contribution in [1.82, 2.24) is 10.2 Å². The number of rotatable bonds is 10. The highest BCUT2D eigenvalue weighted by Gasteiger charge is 2.39. The molecule has 0 radical (unpaired) electrons. The van der Waals surface area contributed by atoms with Crippen LogP contribution in [0.2, 0.25) is 0 Å². The van der Waals surface area contributed by atoms with Gasteiger partial charge in [-0.05, 0) is 112 Å². The quantitative estimate of drug-likeness (QED) is 0.156. The topological polar surface area (TPSA) is 108 Å². The SMILES string of the molecule is Nc1ccccc1NC(=O)c1ccc(CCCN2CCC(CNC3CC3c3ccc(F)c(F)c3)CC2)cc1.O=C(O)C(F)(F)F. The van der Waals surface area contributed by atoms with Crippen molar-refractivity contribution in [2.45, 2.75) is 50.2 Å². The molecule has 5 rings (SSSR count). The molecule has 2 aliphatic rings. The van der Waals surface area contributed by atoms with Gasteiger partial charge in [-0.2, -0.15) is 13.2 Å². The molecule has 2 fully saturated rings. The van der Waals surface area contributed by atoms with Gasteiger partial charge in [0.05, 0.1) is 11.4 Å². The molecule has 3 aromatic rings. The number of piperidine rings is 1. The van der Waals surface area contributed by atoms with Crippen LogP contribution in [0.1, 0.15) is 53.1 Å². The van der Waals surface area contributed by atoms with E-state index in [4.69, 9.17) is 15.6 Å². The van der Waals surface area contributed by atoms with E-state index in [9.17, 15) is 26.7 Å². The van der Waals surface area contributed by atoms with Crippen molar-refractivity contribution in [3.63, 3.8) is 0 Å². The summed E-state index contributed by atoms with van der Waals surface area (Å²) in [6.07, 6.45) is 0.364. The highest BCUT2D eigenvalue weighted by molar-refractivity contribution is 6.05. The lowest BCUT2D eigenvalue weighted by atomic mass is 9.96. The van der Waals surface area contributed by atoms with E-state index in [2.05, 4.69) is 15.5 Å². The minimum atomic E-state index is -5.08. The smallest absolute Gasteiger partial charge is 0.475 e. The zero-order valence-electron chi connectivity index (χ0n) is 24.6. The molecular formula is C33H37F5N4O3. The monoisotopic (exact) mass is 632 g/mol. The molecule has 1 saturated heterocycles. The van der Waals surface area contributed by atoms with E-state index >= 15 is 0 Å². The third-order valence-electron chi connectivity index (χ3n) is 8.15. The number of aliphatic carboxylic acids is 1. The standard InChI is InChI=1S/C31H36F2N4O.C2HF3O2/c32-26-12-11-24(18-27(26)33)25-19-30(25)35-20-22-13-16-37(17-14-22)15-3-4-21-7-9-23(10-8-21)31(38)36-29-6-2-1-5-28(29)34;3-2(4,5)1(6)7/h1-2,5-12,18,22,25,30,35H,3-4,13-17,19-20,34H2,(H,36,38);(H,6,7). The number of alkyl halides is 3. The van der Waals surface area contributed by atoms with E-state index in [0.717, 1.165) is 51.0 Å². The maximum absolute atomic E-state index is 13.5. The fourth-order valence-corrected chi connectivity index (χ4v) is 5.40. The Morgan fingerprint density at radius 2 is 1.62 bits per heavy atom. The van der Waals surface area contributed by atoms with Crippen molar-refractivity contribution < 1.29 is 36.6 Å². The summed E-state index contributed by atoms with van der Waals surface area (Å²) >= 11 is 0. The Balaban J connectivity index is 0.000000591. The van der Waals surface area contributed by atoms with E-state index in [1.165, 1.54) is 30.5 Å². The Bertz CT molecular complexity index is 1440. The van der Waals surface area contributed by atoms with E-state index in [-0.39, 0.29) is 5.91 Å². The summed E-state index contributed by atoms with van der Waals surface area (Å²) < 4.78 is 58.4. The lowest BCUT2D eigenvalue weighted by Crippen LogP contribution is -2.38. The zero-order valence-corrected chi connectivity index (χ0v) is 24.6. The zero-order chi connectivity index (χ0) is 32.6. The summed E-state index contributed by atoms with van der Waals surface area (Å²) in [5.74, 6) is -3.48. The molecule has 1 aliphatic carbocycles. The second-order valence-electron chi connectivity index (χ2n) is 11.5. The Morgan fingerprint density at radius 3 is 2.24 bits per heavy atom. The second kappa shape index (κ2) is 15.3. The van der Waals surface area contributed by atoms with Gasteiger partial charge in [0.15, 0.2) is 11.6 Å². The second-order valence-corrected chi connectivity index (χ2v) is 11.5. The number of hydrogen-bond acceptors (Lipinski definition) is 5. The molecular weight excluding hydrogens is 595 g/mol. The number of nitrogen functional groups attached to an aromatic ring is 1. The molecule has 1 amide bonds. The summed E-state index contributed by atoms with van der Waals surface area (Å²) in [4.78, 5) is 24.0. The number of carboxylic acids is 1. The third-order valence-corrected chi connectivity index (χ3v) is 8.15. The predicted molar refractivity (Wildman–Crippen MR) is 162 cm³/mol. The maximum atomic E-state index is 13.5. The fraction of sp³-hybridized carbons (Fsp3) is 0.394. The number of benzene rings is 3. The number of carboxylic acid groups (broad SMARTS) is 1. The first-order valence-electron chi connectivity index (χ1n) is 14.9. The normalized spacial score (nSPS) is 18.5. The van der Waals surface area contributed by atoms with Crippen LogP contribution in [0.25, 0.3) is 0 Å². The molecule has 1 heterocycles. The van der Waals surface area contributed by atoms with Crippen molar-refractivity contribution in [3.05, 3.63) is 95.1 Å². The Morgan fingerprint density at radius 1 is 0.956 bits per heavy atom. The first-order valence-corrected chi connectivity index (χ1v) is 14.9. The summed E-state index contributed by atoms with van der Waals surface area (Å²) in [6.45, 7) is 4.31. The summed E-state index contributed by atoms with van der Waals surface area (Å²) in [7, 11) is 0. The van der Waals surface area contributed by atoms with Crippen LogP contribution in [-0.4, -0.2) is 60.3 Å². The molecule has 0 aromatic heterocycles. The number of nitrogens with two attached hydrogens (primary N) is 1. The van der Waals surface area contributed by atoms with Gasteiger partial charge in [0.25, 0.3) is 5.91 Å². The van der Waals surface area contributed by atoms with E-state index < -0.39 is 23.8 Å². The lowest BCUT2D eigenvalue weighted by Gasteiger charge is -2.32. The third kappa shape index (κ3) is 10.3. The predicted octanol–water partition coefficient (Wildman–Crippen LogP) is 6.22. The molecule has 2 atom stereocenters. The van der Waals surface area contributed by atoms with Crippen LogP contribution in [0, 0.1) is 17.6 Å². The Labute approximate surface area is 258 Å². The fourth-order valence-electron chi connectivity index (χ4n) is 5.40. The number of nitrogens with zero attached hydrogens (tertiary/aromatic N) is 1. The number of carbonyl (C=O) groups is 2. The molecule has 0 spiro atoms. The average Bonchev–Trinajstić information content (AvgIpc) is 3.79. The molecule has 2 unspecified atom stereocenters. The van der Waals surface area contributed by atoms with Crippen LogP contribution < -0.4 is 16.4 Å². The number of hydrogen-bond donors (Lipinski definition) is 4. The first-order chi connectivity index (χ1) is 21.4. The van der Waals surface area contributed by atoms with Gasteiger partial charge in [0, 0.05) is 17.5 Å². The Hall–Kier alpha value is -4.03. The number of amides is 1. The van der Waals surface area contributed by atoms with Crippen molar-refractivity contribution in [2.24, 2.45) is 5.92 Å². The number of aryl methyl sites for hydroxylation is 1. The van der Waals surface area contributed by atoms with Crippen LogP contribution in [0.4, 0.5) is 33.3 Å². The van der Waals surface area contributed by atoms with Crippen molar-refractivity contribution in [1.29, 1.82) is 0 Å². The highest BCUT2D eigenvalue weighted by Crippen LogP contribution is 2.41. The van der Waals surface area contributed by atoms with Crippen LogP contribution >= 0.6 is 0 Å². The van der Waals surface area contributed by atoms with E-state index in [1.54, 1.807) is 18.2 Å². The largest absolute Gasteiger partial charge is 0.490 e. The van der Waals surface area contributed by atoms with Gasteiger partial charge in [-0.1, -0.05) is 30.3 Å². The molecule has 45 heavy (non-hydrogen) atoms. The minimum Gasteiger partial charge on any atom is -0.475 e. The summed E-state index contributed by atoms with van der Waals surface area (Å²) in [5.41, 5.74) is 9.84. The molecule has 1 aliphatic heterocycles. The van der Waals surface area contributed by atoms with Gasteiger partial charge in [-0.15, -0.1) is 0 Å². The number of nitrogens with one attached hydrogen (secondary N) is 2. The maximum Gasteiger partial charge on any atom is 0.490 e. The number of carbonyl (C=O) groups excluding carboxylic acids is 1. The molecule has 5 N–H and O–H groups in total. The van der Waals surface area contributed by atoms with Gasteiger partial charge in [0.2, 0.25) is 0 Å². The summed E-state index contributed by atoms with van der Waals surface area (Å²) in [5, 5.41) is 13.6.